The fourth-order valence-corrected chi connectivity index (χ4v) is 2.84. The van der Waals surface area contributed by atoms with Crippen molar-refractivity contribution in [1.82, 2.24) is 16.0 Å². The van der Waals surface area contributed by atoms with Crippen molar-refractivity contribution in [3.63, 3.8) is 0 Å². The van der Waals surface area contributed by atoms with E-state index >= 15 is 0 Å². The Morgan fingerprint density at radius 1 is 0.867 bits per heavy atom. The van der Waals surface area contributed by atoms with E-state index in [2.05, 4.69) is 16.0 Å². The molecule has 0 aromatic carbocycles. The number of hydrogen-bond acceptors (Lipinski definition) is 5. The maximum absolute atomic E-state index is 12.9. The zero-order chi connectivity index (χ0) is 23.8. The molecule has 0 spiro atoms. The van der Waals surface area contributed by atoms with Crippen LogP contribution in [0.3, 0.4) is 0 Å². The summed E-state index contributed by atoms with van der Waals surface area (Å²) in [5.41, 5.74) is -0.481. The number of rotatable bonds is 12. The number of carbonyl (C=O) groups excluding carboxylic acids is 3. The van der Waals surface area contributed by atoms with Crippen LogP contribution in [0.25, 0.3) is 0 Å². The fourth-order valence-electron chi connectivity index (χ4n) is 2.84. The van der Waals surface area contributed by atoms with E-state index in [4.69, 9.17) is 5.11 Å². The standard InChI is InChI=1S/C20H35F2N3O5/c1-10(2)8-13(25-18(28)16(20(5,6)7)23-11(3)4)17(27)24-12(9-14(21)22)15(26)19(29)30/h10-14,16,23H,8-9H2,1-7H3,(H,24,27)(H,25,28)(H,29,30)/t12?,13-,16+/m0/s1. The van der Waals surface area contributed by atoms with Gasteiger partial charge in [-0.1, -0.05) is 48.5 Å². The molecule has 0 aliphatic rings. The molecule has 0 aliphatic carbocycles. The molecule has 2 amide bonds. The van der Waals surface area contributed by atoms with Gasteiger partial charge in [-0.3, -0.25) is 14.4 Å². The Bertz CT molecular complexity index is 618. The number of ketones is 1. The maximum atomic E-state index is 12.9. The molecule has 30 heavy (non-hydrogen) atoms. The highest BCUT2D eigenvalue weighted by Gasteiger charge is 2.36. The summed E-state index contributed by atoms with van der Waals surface area (Å²) in [6.07, 6.45) is -3.94. The minimum Gasteiger partial charge on any atom is -0.475 e. The lowest BCUT2D eigenvalue weighted by Crippen LogP contribution is -2.59. The normalized spacial score (nSPS) is 15.1. The van der Waals surface area contributed by atoms with Crippen LogP contribution in [0.5, 0.6) is 0 Å². The highest BCUT2D eigenvalue weighted by Crippen LogP contribution is 2.20. The number of carboxylic acids is 1. The lowest BCUT2D eigenvalue weighted by molar-refractivity contribution is -0.151. The lowest BCUT2D eigenvalue weighted by Gasteiger charge is -2.33. The van der Waals surface area contributed by atoms with Crippen LogP contribution in [-0.4, -0.2) is 59.3 Å². The third kappa shape index (κ3) is 10.1. The van der Waals surface area contributed by atoms with E-state index < -0.39 is 60.0 Å². The van der Waals surface area contributed by atoms with Gasteiger partial charge in [0.2, 0.25) is 18.2 Å². The molecule has 10 heteroatoms. The average molecular weight is 436 g/mol. The highest BCUT2D eigenvalue weighted by atomic mass is 19.3. The van der Waals surface area contributed by atoms with Gasteiger partial charge in [-0.05, 0) is 17.8 Å². The monoisotopic (exact) mass is 435 g/mol. The molecule has 0 heterocycles. The van der Waals surface area contributed by atoms with Crippen LogP contribution in [0.1, 0.15) is 61.3 Å². The van der Waals surface area contributed by atoms with Crippen molar-refractivity contribution in [3.05, 3.63) is 0 Å². The summed E-state index contributed by atoms with van der Waals surface area (Å²) in [5.74, 6) is -4.83. The molecule has 0 saturated carbocycles. The van der Waals surface area contributed by atoms with Crippen molar-refractivity contribution < 1.29 is 33.1 Å². The first-order valence-electron chi connectivity index (χ1n) is 9.98. The van der Waals surface area contributed by atoms with Crippen LogP contribution in [0, 0.1) is 11.3 Å². The predicted molar refractivity (Wildman–Crippen MR) is 108 cm³/mol. The van der Waals surface area contributed by atoms with E-state index in [9.17, 15) is 28.0 Å². The summed E-state index contributed by atoms with van der Waals surface area (Å²) in [5, 5.41) is 16.7. The van der Waals surface area contributed by atoms with Crippen LogP contribution < -0.4 is 16.0 Å². The Morgan fingerprint density at radius 2 is 1.37 bits per heavy atom. The number of alkyl halides is 2. The number of amides is 2. The molecule has 1 unspecified atom stereocenters. The topological polar surface area (TPSA) is 125 Å². The van der Waals surface area contributed by atoms with E-state index in [1.54, 1.807) is 13.8 Å². The third-order valence-electron chi connectivity index (χ3n) is 4.23. The molecule has 0 aromatic heterocycles. The predicted octanol–water partition coefficient (Wildman–Crippen LogP) is 1.72. The molecule has 4 N–H and O–H groups in total. The second-order valence-corrected chi connectivity index (χ2v) is 9.17. The van der Waals surface area contributed by atoms with E-state index in [0.29, 0.717) is 0 Å². The van der Waals surface area contributed by atoms with Gasteiger partial charge in [-0.25, -0.2) is 13.6 Å². The molecule has 8 nitrogen and oxygen atoms in total. The SMILES string of the molecule is CC(C)C[C@H](NC(=O)[C@@H](NC(C)C)C(C)(C)C)C(=O)NC(CC(F)F)C(=O)C(=O)O. The highest BCUT2D eigenvalue weighted by molar-refractivity contribution is 6.35. The van der Waals surface area contributed by atoms with Gasteiger partial charge in [-0.2, -0.15) is 0 Å². The zero-order valence-corrected chi connectivity index (χ0v) is 18.7. The molecule has 0 aliphatic heterocycles. The number of halogens is 2. The number of carbonyl (C=O) groups is 4. The van der Waals surface area contributed by atoms with Gasteiger partial charge < -0.3 is 21.1 Å². The van der Waals surface area contributed by atoms with Gasteiger partial charge in [0, 0.05) is 12.5 Å². The van der Waals surface area contributed by atoms with Crippen LogP contribution in [-0.2, 0) is 19.2 Å². The van der Waals surface area contributed by atoms with E-state index in [1.807, 2.05) is 34.6 Å². The summed E-state index contributed by atoms with van der Waals surface area (Å²) in [6.45, 7) is 12.9. The first-order chi connectivity index (χ1) is 13.6. The van der Waals surface area contributed by atoms with Crippen molar-refractivity contribution in [3.8, 4) is 0 Å². The number of carboxylic acid groups (broad SMARTS) is 1. The second-order valence-electron chi connectivity index (χ2n) is 9.17. The smallest absolute Gasteiger partial charge is 0.374 e. The second kappa shape index (κ2) is 11.9. The Balaban J connectivity index is 5.59. The molecule has 0 radical (unpaired) electrons. The Kier molecular flexibility index (Phi) is 11.1. The summed E-state index contributed by atoms with van der Waals surface area (Å²) in [7, 11) is 0. The van der Waals surface area contributed by atoms with E-state index in [-0.39, 0.29) is 18.4 Å². The maximum Gasteiger partial charge on any atom is 0.374 e. The summed E-state index contributed by atoms with van der Waals surface area (Å²) in [4.78, 5) is 48.2. The first-order valence-corrected chi connectivity index (χ1v) is 9.98. The molecule has 0 rings (SSSR count). The minimum atomic E-state index is -2.99. The third-order valence-corrected chi connectivity index (χ3v) is 4.23. The largest absolute Gasteiger partial charge is 0.475 e. The Hall–Kier alpha value is -2.10. The number of aliphatic carboxylic acids is 1. The van der Waals surface area contributed by atoms with Gasteiger partial charge in [-0.15, -0.1) is 0 Å². The molecule has 0 saturated heterocycles. The van der Waals surface area contributed by atoms with E-state index in [1.165, 1.54) is 0 Å². The van der Waals surface area contributed by atoms with Crippen LogP contribution in [0.2, 0.25) is 0 Å². The molecule has 174 valence electrons. The number of Topliss-reactive ketones (excluding diaryl/α,β-unsaturated/α-hetero) is 1. The summed E-state index contributed by atoms with van der Waals surface area (Å²) >= 11 is 0. The lowest BCUT2D eigenvalue weighted by atomic mass is 9.85. The molecule has 0 aromatic rings. The van der Waals surface area contributed by atoms with Gasteiger partial charge in [0.1, 0.15) is 12.1 Å². The average Bonchev–Trinajstić information content (AvgIpc) is 2.55. The van der Waals surface area contributed by atoms with Crippen molar-refractivity contribution in [1.29, 1.82) is 0 Å². The number of hydrogen-bond donors (Lipinski definition) is 4. The van der Waals surface area contributed by atoms with Gasteiger partial charge in [0.05, 0.1) is 6.04 Å². The molecule has 0 bridgehead atoms. The fraction of sp³-hybridized carbons (Fsp3) is 0.800. The summed E-state index contributed by atoms with van der Waals surface area (Å²) in [6, 6.07) is -3.65. The Labute approximate surface area is 176 Å². The first kappa shape index (κ1) is 27.9. The van der Waals surface area contributed by atoms with Gasteiger partial charge in [0.25, 0.3) is 5.78 Å². The minimum absolute atomic E-state index is 0.0130. The molecular weight excluding hydrogens is 400 g/mol. The van der Waals surface area contributed by atoms with Crippen LogP contribution >= 0.6 is 0 Å². The van der Waals surface area contributed by atoms with E-state index in [0.717, 1.165) is 0 Å². The van der Waals surface area contributed by atoms with Crippen LogP contribution in [0.15, 0.2) is 0 Å². The van der Waals surface area contributed by atoms with Crippen molar-refractivity contribution >= 4 is 23.6 Å². The Morgan fingerprint density at radius 3 is 1.73 bits per heavy atom. The van der Waals surface area contributed by atoms with Crippen molar-refractivity contribution in [2.75, 3.05) is 0 Å². The van der Waals surface area contributed by atoms with Crippen molar-refractivity contribution in [2.45, 2.75) is 91.9 Å². The van der Waals surface area contributed by atoms with Crippen molar-refractivity contribution in [2.24, 2.45) is 11.3 Å². The molecule has 3 atom stereocenters. The quantitative estimate of drug-likeness (QED) is 0.346. The van der Waals surface area contributed by atoms with Crippen LogP contribution in [0.4, 0.5) is 8.78 Å². The molecular formula is C20H35F2N3O5. The zero-order valence-electron chi connectivity index (χ0n) is 18.7. The number of nitrogens with one attached hydrogen (secondary N) is 3. The molecule has 0 fully saturated rings. The summed E-state index contributed by atoms with van der Waals surface area (Å²) < 4.78 is 25.5. The van der Waals surface area contributed by atoms with Gasteiger partial charge >= 0.3 is 5.97 Å². The van der Waals surface area contributed by atoms with Gasteiger partial charge in [0.15, 0.2) is 0 Å².